The van der Waals surface area contributed by atoms with Crippen molar-refractivity contribution in [1.82, 2.24) is 14.7 Å². The lowest BCUT2D eigenvalue weighted by Crippen LogP contribution is -2.67. The Kier molecular flexibility index (Phi) is 9.51. The summed E-state index contributed by atoms with van der Waals surface area (Å²) >= 11 is 1.59. The van der Waals surface area contributed by atoms with Crippen LogP contribution in [0.4, 0.5) is 9.18 Å². The van der Waals surface area contributed by atoms with Gasteiger partial charge in [-0.05, 0) is 56.7 Å². The summed E-state index contributed by atoms with van der Waals surface area (Å²) in [5.74, 6) is 0.687. The van der Waals surface area contributed by atoms with E-state index in [1.807, 2.05) is 55.6 Å². The van der Waals surface area contributed by atoms with Gasteiger partial charge in [-0.3, -0.25) is 9.69 Å². The number of piperidine rings is 1. The molecule has 0 bridgehead atoms. The normalized spacial score (nSPS) is 24.8. The summed E-state index contributed by atoms with van der Waals surface area (Å²) < 4.78 is 28.2. The van der Waals surface area contributed by atoms with Crippen molar-refractivity contribution in [1.29, 1.82) is 0 Å². The first kappa shape index (κ1) is 29.3. The molecule has 2 aliphatic heterocycles. The molecule has 1 aromatic carbocycles. The van der Waals surface area contributed by atoms with E-state index in [4.69, 9.17) is 9.47 Å². The van der Waals surface area contributed by atoms with Crippen molar-refractivity contribution in [3.05, 3.63) is 52.2 Å². The fourth-order valence-electron chi connectivity index (χ4n) is 5.38. The van der Waals surface area contributed by atoms with E-state index >= 15 is 4.39 Å². The number of alkyl halides is 1. The predicted molar refractivity (Wildman–Crippen MR) is 149 cm³/mol. The highest BCUT2D eigenvalue weighted by Crippen LogP contribution is 2.36. The van der Waals surface area contributed by atoms with E-state index in [-0.39, 0.29) is 24.6 Å². The number of carbonyl (C=O) groups is 2. The largest absolute Gasteiger partial charge is 0.485 e. The molecular weight excluding hydrogens is 521 g/mol. The molecule has 214 valence electrons. The minimum Gasteiger partial charge on any atom is -0.485 e. The van der Waals surface area contributed by atoms with Crippen molar-refractivity contribution in [3.63, 3.8) is 0 Å². The van der Waals surface area contributed by atoms with E-state index in [0.29, 0.717) is 45.4 Å². The second kappa shape index (κ2) is 12.7. The van der Waals surface area contributed by atoms with Crippen LogP contribution in [0.5, 0.6) is 5.75 Å². The summed E-state index contributed by atoms with van der Waals surface area (Å²) in [6.07, 6.45) is -1.31. The SMILES string of the molecule is CC(C)N1C[C@@]2(CCN(CCc3ccccc3OC(CCN(C)C(=O)O)c3cccs3)C[C@@H]2F)O[C@H](C)C1=O. The number of hydrogen-bond acceptors (Lipinski definition) is 6. The van der Waals surface area contributed by atoms with E-state index in [1.54, 1.807) is 30.2 Å². The molecule has 8 nitrogen and oxygen atoms in total. The van der Waals surface area contributed by atoms with Crippen LogP contribution >= 0.6 is 11.3 Å². The fourth-order valence-corrected chi connectivity index (χ4v) is 6.17. The standard InChI is InChI=1S/C29H40FN3O5S/c1-20(2)33-19-29(38-21(3)27(33)34)13-16-32(18-26(29)30)15-11-22-8-5-6-9-23(22)37-24(25-10-7-17-39-25)12-14-31(4)28(35)36/h5-10,17,20-21,24,26H,11-16,18-19H2,1-4H3,(H,35,36)/t21-,24?,26+,29-/m1/s1. The van der Waals surface area contributed by atoms with Crippen LogP contribution in [0, 0.1) is 0 Å². The average Bonchev–Trinajstić information content (AvgIpc) is 3.44. The summed E-state index contributed by atoms with van der Waals surface area (Å²) in [6, 6.07) is 11.8. The summed E-state index contributed by atoms with van der Waals surface area (Å²) in [7, 11) is 1.56. The maximum atomic E-state index is 15.7. The van der Waals surface area contributed by atoms with Crippen LogP contribution in [0.25, 0.3) is 0 Å². The molecule has 10 heteroatoms. The lowest BCUT2D eigenvalue weighted by Gasteiger charge is -2.51. The molecular formula is C29H40FN3O5S. The number of carboxylic acid groups (broad SMARTS) is 1. The Hall–Kier alpha value is -2.69. The summed E-state index contributed by atoms with van der Waals surface area (Å²) in [4.78, 5) is 30.0. The zero-order valence-electron chi connectivity index (χ0n) is 23.2. The Morgan fingerprint density at radius 1 is 1.31 bits per heavy atom. The van der Waals surface area contributed by atoms with Crippen LogP contribution in [0.15, 0.2) is 41.8 Å². The van der Waals surface area contributed by atoms with Crippen molar-refractivity contribution in [2.24, 2.45) is 0 Å². The Balaban J connectivity index is 1.39. The van der Waals surface area contributed by atoms with Crippen molar-refractivity contribution >= 4 is 23.3 Å². The number of benzene rings is 1. The highest BCUT2D eigenvalue weighted by atomic mass is 32.1. The molecule has 2 amide bonds. The van der Waals surface area contributed by atoms with Gasteiger partial charge in [-0.15, -0.1) is 11.3 Å². The van der Waals surface area contributed by atoms with Gasteiger partial charge in [0.25, 0.3) is 5.91 Å². The number of ether oxygens (including phenoxy) is 2. The quantitative estimate of drug-likeness (QED) is 0.447. The molecule has 2 fully saturated rings. The summed E-state index contributed by atoms with van der Waals surface area (Å²) in [5, 5.41) is 11.2. The van der Waals surface area contributed by atoms with Crippen molar-refractivity contribution in [2.45, 2.75) is 70.1 Å². The van der Waals surface area contributed by atoms with Crippen LogP contribution in [0.3, 0.4) is 0 Å². The maximum absolute atomic E-state index is 15.7. The van der Waals surface area contributed by atoms with E-state index in [0.717, 1.165) is 16.2 Å². The second-order valence-electron chi connectivity index (χ2n) is 10.9. The number of nitrogens with zero attached hydrogens (tertiary/aromatic N) is 3. The number of hydrogen-bond donors (Lipinski definition) is 1. The first-order valence-electron chi connectivity index (χ1n) is 13.7. The van der Waals surface area contributed by atoms with Gasteiger partial charge < -0.3 is 24.4 Å². The molecule has 0 radical (unpaired) electrons. The van der Waals surface area contributed by atoms with Crippen LogP contribution in [0.1, 0.15) is 50.2 Å². The lowest BCUT2D eigenvalue weighted by atomic mass is 9.86. The fraction of sp³-hybridized carbons (Fsp3) is 0.586. The number of morpholine rings is 1. The highest BCUT2D eigenvalue weighted by Gasteiger charge is 2.52. The first-order chi connectivity index (χ1) is 18.6. The molecule has 1 unspecified atom stereocenters. The van der Waals surface area contributed by atoms with Gasteiger partial charge in [0.15, 0.2) is 0 Å². The Bertz CT molecular complexity index is 1120. The molecule has 0 aliphatic carbocycles. The highest BCUT2D eigenvalue weighted by molar-refractivity contribution is 7.10. The third kappa shape index (κ3) is 6.91. The number of halogens is 1. The number of thiophene rings is 1. The molecule has 2 aromatic rings. The molecule has 1 aromatic heterocycles. The zero-order chi connectivity index (χ0) is 28.2. The second-order valence-corrected chi connectivity index (χ2v) is 11.9. The maximum Gasteiger partial charge on any atom is 0.407 e. The molecule has 0 saturated carbocycles. The van der Waals surface area contributed by atoms with Gasteiger partial charge in [0, 0.05) is 50.6 Å². The summed E-state index contributed by atoms with van der Waals surface area (Å²) in [6.45, 7) is 7.90. The van der Waals surface area contributed by atoms with Crippen LogP contribution in [-0.2, 0) is 16.0 Å². The number of amides is 2. The molecule has 1 spiro atoms. The van der Waals surface area contributed by atoms with Gasteiger partial charge in [0.2, 0.25) is 0 Å². The van der Waals surface area contributed by atoms with E-state index in [2.05, 4.69) is 4.90 Å². The van der Waals surface area contributed by atoms with Gasteiger partial charge >= 0.3 is 6.09 Å². The van der Waals surface area contributed by atoms with Gasteiger partial charge in [0.1, 0.15) is 29.7 Å². The molecule has 3 heterocycles. The Morgan fingerprint density at radius 2 is 2.08 bits per heavy atom. The summed E-state index contributed by atoms with van der Waals surface area (Å²) in [5.41, 5.74) is 0.0760. The van der Waals surface area contributed by atoms with Crippen LogP contribution < -0.4 is 4.74 Å². The monoisotopic (exact) mass is 561 g/mol. The molecule has 1 N–H and O–H groups in total. The third-order valence-electron chi connectivity index (χ3n) is 7.80. The average molecular weight is 562 g/mol. The van der Waals surface area contributed by atoms with Crippen molar-refractivity contribution in [2.75, 3.05) is 39.8 Å². The van der Waals surface area contributed by atoms with Gasteiger partial charge in [-0.2, -0.15) is 0 Å². The van der Waals surface area contributed by atoms with Gasteiger partial charge in [-0.25, -0.2) is 9.18 Å². The number of rotatable bonds is 10. The smallest absolute Gasteiger partial charge is 0.407 e. The van der Waals surface area contributed by atoms with Crippen LogP contribution in [-0.4, -0.2) is 95.5 Å². The number of para-hydroxylation sites is 1. The van der Waals surface area contributed by atoms with Gasteiger partial charge in [-0.1, -0.05) is 24.3 Å². The Labute approximate surface area is 234 Å². The number of likely N-dealkylation sites (tertiary alicyclic amines) is 1. The molecule has 2 aliphatic rings. The molecule has 39 heavy (non-hydrogen) atoms. The topological polar surface area (TPSA) is 82.6 Å². The minimum atomic E-state index is -1.19. The predicted octanol–water partition coefficient (Wildman–Crippen LogP) is 4.85. The van der Waals surface area contributed by atoms with E-state index in [9.17, 15) is 14.7 Å². The minimum absolute atomic E-state index is 0.00462. The first-order valence-corrected chi connectivity index (χ1v) is 14.5. The van der Waals surface area contributed by atoms with Crippen LogP contribution in [0.2, 0.25) is 0 Å². The van der Waals surface area contributed by atoms with E-state index < -0.39 is 24.0 Å². The molecule has 4 atom stereocenters. The molecule has 4 rings (SSSR count). The third-order valence-corrected chi connectivity index (χ3v) is 8.76. The lowest BCUT2D eigenvalue weighted by molar-refractivity contribution is -0.209. The van der Waals surface area contributed by atoms with E-state index in [1.165, 1.54) is 4.90 Å². The van der Waals surface area contributed by atoms with Crippen molar-refractivity contribution < 1.29 is 28.6 Å². The number of carbonyl (C=O) groups excluding carboxylic acids is 1. The molecule has 2 saturated heterocycles. The van der Waals surface area contributed by atoms with Crippen molar-refractivity contribution in [3.8, 4) is 5.75 Å². The van der Waals surface area contributed by atoms with Gasteiger partial charge in [0.05, 0.1) is 6.54 Å². The zero-order valence-corrected chi connectivity index (χ0v) is 24.0. The Morgan fingerprint density at radius 3 is 2.74 bits per heavy atom.